The molecular formula is C15H23NS. The van der Waals surface area contributed by atoms with E-state index < -0.39 is 0 Å². The zero-order valence-corrected chi connectivity index (χ0v) is 12.1. The van der Waals surface area contributed by atoms with Crippen LogP contribution < -0.4 is 5.32 Å². The lowest BCUT2D eigenvalue weighted by Gasteiger charge is -2.20. The molecule has 1 saturated carbocycles. The van der Waals surface area contributed by atoms with Gasteiger partial charge in [-0.25, -0.2) is 0 Å². The second-order valence-corrected chi connectivity index (χ2v) is 6.54. The molecule has 1 N–H and O–H groups in total. The first-order chi connectivity index (χ1) is 8.11. The molecule has 1 aliphatic carbocycles. The van der Waals surface area contributed by atoms with Crippen LogP contribution in [0.1, 0.15) is 30.9 Å². The first-order valence-electron chi connectivity index (χ1n) is 6.53. The maximum Gasteiger partial charge on any atom is 0.0135 e. The van der Waals surface area contributed by atoms with E-state index in [-0.39, 0.29) is 0 Å². The molecule has 0 radical (unpaired) electrons. The Morgan fingerprint density at radius 2 is 2.00 bits per heavy atom. The highest BCUT2D eigenvalue weighted by Gasteiger charge is 2.32. The Hall–Kier alpha value is -0.470. The van der Waals surface area contributed by atoms with E-state index in [9.17, 15) is 0 Å². The van der Waals surface area contributed by atoms with Gasteiger partial charge in [-0.2, -0.15) is 0 Å². The van der Waals surface area contributed by atoms with E-state index in [1.165, 1.54) is 28.9 Å². The molecule has 0 aliphatic heterocycles. The molecule has 1 aromatic rings. The largest absolute Gasteiger partial charge is 0.317 e. The van der Waals surface area contributed by atoms with Crippen LogP contribution in [-0.4, -0.2) is 18.3 Å². The minimum absolute atomic E-state index is 0.706. The quantitative estimate of drug-likeness (QED) is 0.875. The lowest BCUT2D eigenvalue weighted by molar-refractivity contribution is 0.464. The van der Waals surface area contributed by atoms with Crippen LogP contribution in [0, 0.1) is 19.8 Å². The molecule has 0 saturated heterocycles. The highest BCUT2D eigenvalue weighted by Crippen LogP contribution is 2.40. The van der Waals surface area contributed by atoms with Gasteiger partial charge in [0.15, 0.2) is 0 Å². The van der Waals surface area contributed by atoms with Gasteiger partial charge in [0.05, 0.1) is 0 Å². The van der Waals surface area contributed by atoms with Gasteiger partial charge in [0.2, 0.25) is 0 Å². The summed E-state index contributed by atoms with van der Waals surface area (Å²) >= 11 is 2.08. The van der Waals surface area contributed by atoms with Crippen LogP contribution in [0.4, 0.5) is 0 Å². The summed E-state index contributed by atoms with van der Waals surface area (Å²) in [5.74, 6) is 0.768. The summed E-state index contributed by atoms with van der Waals surface area (Å²) in [6.45, 7) is 6.78. The molecule has 0 amide bonds. The molecule has 3 atom stereocenters. The van der Waals surface area contributed by atoms with Crippen LogP contribution in [0.5, 0.6) is 0 Å². The van der Waals surface area contributed by atoms with Crippen molar-refractivity contribution in [1.82, 2.24) is 5.32 Å². The second-order valence-electron chi connectivity index (χ2n) is 5.26. The summed E-state index contributed by atoms with van der Waals surface area (Å²) in [5, 5.41) is 4.21. The van der Waals surface area contributed by atoms with E-state index in [1.807, 2.05) is 0 Å². The van der Waals surface area contributed by atoms with Gasteiger partial charge >= 0.3 is 0 Å². The Bertz CT molecular complexity index is 389. The Morgan fingerprint density at radius 3 is 2.65 bits per heavy atom. The average molecular weight is 249 g/mol. The number of nitrogens with one attached hydrogen (secondary N) is 1. The van der Waals surface area contributed by atoms with E-state index in [1.54, 1.807) is 0 Å². The van der Waals surface area contributed by atoms with Crippen molar-refractivity contribution in [2.45, 2.75) is 49.8 Å². The van der Waals surface area contributed by atoms with Gasteiger partial charge in [0, 0.05) is 16.2 Å². The first-order valence-corrected chi connectivity index (χ1v) is 7.41. The van der Waals surface area contributed by atoms with Crippen molar-refractivity contribution in [2.24, 2.45) is 5.92 Å². The minimum Gasteiger partial charge on any atom is -0.317 e. The Balaban J connectivity index is 2.09. The second kappa shape index (κ2) is 5.45. The smallest absolute Gasteiger partial charge is 0.0135 e. The van der Waals surface area contributed by atoms with E-state index in [0.717, 1.165) is 11.2 Å². The summed E-state index contributed by atoms with van der Waals surface area (Å²) in [5.41, 5.74) is 2.79. The summed E-state index contributed by atoms with van der Waals surface area (Å²) in [7, 11) is 2.09. The highest BCUT2D eigenvalue weighted by molar-refractivity contribution is 8.00. The van der Waals surface area contributed by atoms with Gasteiger partial charge in [-0.15, -0.1) is 11.8 Å². The van der Waals surface area contributed by atoms with Gasteiger partial charge in [-0.05, 0) is 51.3 Å². The van der Waals surface area contributed by atoms with Gasteiger partial charge in [0.25, 0.3) is 0 Å². The molecule has 17 heavy (non-hydrogen) atoms. The van der Waals surface area contributed by atoms with Crippen LogP contribution in [0.15, 0.2) is 23.1 Å². The zero-order chi connectivity index (χ0) is 12.4. The van der Waals surface area contributed by atoms with Gasteiger partial charge < -0.3 is 5.32 Å². The van der Waals surface area contributed by atoms with Crippen molar-refractivity contribution in [2.75, 3.05) is 7.05 Å². The fourth-order valence-corrected chi connectivity index (χ4v) is 4.19. The summed E-state index contributed by atoms with van der Waals surface area (Å²) in [6.07, 6.45) is 2.66. The third kappa shape index (κ3) is 2.86. The Labute approximate surface area is 109 Å². The molecule has 1 fully saturated rings. The molecule has 0 heterocycles. The molecule has 1 nitrogen and oxygen atoms in total. The average Bonchev–Trinajstić information content (AvgIpc) is 2.65. The normalized spacial score (nSPS) is 28.6. The molecule has 2 rings (SSSR count). The molecule has 0 spiro atoms. The third-order valence-corrected chi connectivity index (χ3v) is 5.64. The minimum atomic E-state index is 0.706. The van der Waals surface area contributed by atoms with Gasteiger partial charge in [-0.3, -0.25) is 0 Å². The maximum absolute atomic E-state index is 3.44. The molecular weight excluding hydrogens is 226 g/mol. The van der Waals surface area contributed by atoms with E-state index in [2.05, 4.69) is 63.1 Å². The van der Waals surface area contributed by atoms with Crippen LogP contribution >= 0.6 is 11.8 Å². The Kier molecular flexibility index (Phi) is 4.16. The van der Waals surface area contributed by atoms with E-state index in [4.69, 9.17) is 0 Å². The molecule has 1 aliphatic rings. The lowest BCUT2D eigenvalue weighted by Crippen LogP contribution is -2.30. The van der Waals surface area contributed by atoms with Crippen molar-refractivity contribution >= 4 is 11.8 Å². The Morgan fingerprint density at radius 1 is 1.24 bits per heavy atom. The predicted octanol–water partition coefficient (Wildman–Crippen LogP) is 3.78. The molecule has 0 aromatic heterocycles. The fourth-order valence-electron chi connectivity index (χ4n) is 2.70. The van der Waals surface area contributed by atoms with Crippen molar-refractivity contribution in [3.8, 4) is 0 Å². The first kappa shape index (κ1) is 13.0. The van der Waals surface area contributed by atoms with Crippen molar-refractivity contribution in [3.05, 3.63) is 29.3 Å². The lowest BCUT2D eigenvalue weighted by atomic mass is 10.1. The van der Waals surface area contributed by atoms with E-state index in [0.29, 0.717) is 6.04 Å². The highest BCUT2D eigenvalue weighted by atomic mass is 32.2. The number of hydrogen-bond acceptors (Lipinski definition) is 2. The monoisotopic (exact) mass is 249 g/mol. The standard InChI is InChI=1S/C15H23NS/c1-10-5-6-11(2)15(9-10)17-14-8-7-13(16-4)12(14)3/h5-6,9,12-14,16H,7-8H2,1-4H3. The molecule has 0 bridgehead atoms. The number of thioether (sulfide) groups is 1. The topological polar surface area (TPSA) is 12.0 Å². The zero-order valence-electron chi connectivity index (χ0n) is 11.3. The van der Waals surface area contributed by atoms with Crippen LogP contribution in [0.2, 0.25) is 0 Å². The van der Waals surface area contributed by atoms with Crippen molar-refractivity contribution in [1.29, 1.82) is 0 Å². The number of rotatable bonds is 3. The molecule has 2 heteroatoms. The van der Waals surface area contributed by atoms with Crippen LogP contribution in [-0.2, 0) is 0 Å². The molecule has 3 unspecified atom stereocenters. The summed E-state index contributed by atoms with van der Waals surface area (Å²) in [4.78, 5) is 1.47. The van der Waals surface area contributed by atoms with Gasteiger partial charge in [0.1, 0.15) is 0 Å². The van der Waals surface area contributed by atoms with Crippen LogP contribution in [0.3, 0.4) is 0 Å². The van der Waals surface area contributed by atoms with Gasteiger partial charge in [-0.1, -0.05) is 24.6 Å². The fraction of sp³-hybridized carbons (Fsp3) is 0.600. The number of hydrogen-bond donors (Lipinski definition) is 1. The summed E-state index contributed by atoms with van der Waals surface area (Å²) in [6, 6.07) is 7.48. The van der Waals surface area contributed by atoms with E-state index >= 15 is 0 Å². The SMILES string of the molecule is CNC1CCC(Sc2cc(C)ccc2C)C1C. The number of benzene rings is 1. The number of aryl methyl sites for hydroxylation is 2. The summed E-state index contributed by atoms with van der Waals surface area (Å²) < 4.78 is 0. The third-order valence-electron chi connectivity index (χ3n) is 3.98. The van der Waals surface area contributed by atoms with Crippen molar-refractivity contribution in [3.63, 3.8) is 0 Å². The van der Waals surface area contributed by atoms with Crippen molar-refractivity contribution < 1.29 is 0 Å². The maximum atomic E-state index is 3.44. The molecule has 1 aromatic carbocycles. The van der Waals surface area contributed by atoms with Crippen LogP contribution in [0.25, 0.3) is 0 Å². The predicted molar refractivity (Wildman–Crippen MR) is 76.8 cm³/mol. The molecule has 94 valence electrons.